The maximum absolute atomic E-state index is 10.2. The summed E-state index contributed by atoms with van der Waals surface area (Å²) in [4.78, 5) is 11.4. The topological polar surface area (TPSA) is 37.3 Å². The number of carbonyl (C=O) groups is 1. The number of carboxylic acid groups (broad SMARTS) is 1. The van der Waals surface area contributed by atoms with Gasteiger partial charge < -0.3 is 5.11 Å². The molecule has 5 heteroatoms. The van der Waals surface area contributed by atoms with Gasteiger partial charge in [0.25, 0.3) is 0 Å². The van der Waals surface area contributed by atoms with Crippen LogP contribution in [0.25, 0.3) is 0 Å². The van der Waals surface area contributed by atoms with E-state index in [0.717, 1.165) is 15.1 Å². The van der Waals surface area contributed by atoms with Gasteiger partial charge in [-0.25, -0.2) is 0 Å². The SMILES string of the molecule is O=C(O)CCCc1cc(Cl)c(Br)s1. The lowest BCUT2D eigenvalue weighted by Gasteiger charge is -1.92. The monoisotopic (exact) mass is 282 g/mol. The van der Waals surface area contributed by atoms with Crippen molar-refractivity contribution < 1.29 is 9.90 Å². The van der Waals surface area contributed by atoms with Crippen molar-refractivity contribution in [1.29, 1.82) is 0 Å². The first-order valence-corrected chi connectivity index (χ1v) is 5.74. The molecule has 0 amide bonds. The zero-order valence-corrected chi connectivity index (χ0v) is 9.88. The van der Waals surface area contributed by atoms with Gasteiger partial charge in [0.1, 0.15) is 0 Å². The van der Waals surface area contributed by atoms with E-state index in [1.54, 1.807) is 11.3 Å². The van der Waals surface area contributed by atoms with E-state index in [4.69, 9.17) is 16.7 Å². The molecule has 0 unspecified atom stereocenters. The van der Waals surface area contributed by atoms with Crippen LogP contribution in [0.3, 0.4) is 0 Å². The summed E-state index contributed by atoms with van der Waals surface area (Å²) in [5.74, 6) is -0.748. The summed E-state index contributed by atoms with van der Waals surface area (Å²) in [6.07, 6.45) is 1.66. The normalized spacial score (nSPS) is 10.3. The molecule has 0 atom stereocenters. The molecule has 72 valence electrons. The quantitative estimate of drug-likeness (QED) is 0.917. The molecule has 0 aromatic carbocycles. The first kappa shape index (κ1) is 11.0. The van der Waals surface area contributed by atoms with E-state index in [2.05, 4.69) is 15.9 Å². The van der Waals surface area contributed by atoms with Crippen molar-refractivity contribution in [3.63, 3.8) is 0 Å². The molecule has 1 heterocycles. The van der Waals surface area contributed by atoms with Gasteiger partial charge >= 0.3 is 5.97 Å². The van der Waals surface area contributed by atoms with Crippen LogP contribution in [0.5, 0.6) is 0 Å². The Labute approximate surface area is 93.7 Å². The fourth-order valence-electron chi connectivity index (χ4n) is 0.928. The first-order chi connectivity index (χ1) is 6.09. The maximum Gasteiger partial charge on any atom is 0.303 e. The fourth-order valence-corrected chi connectivity index (χ4v) is 2.79. The van der Waals surface area contributed by atoms with Gasteiger partial charge in [-0.15, -0.1) is 11.3 Å². The Morgan fingerprint density at radius 1 is 1.69 bits per heavy atom. The molecule has 0 spiro atoms. The Hall–Kier alpha value is -0.0600. The minimum Gasteiger partial charge on any atom is -0.481 e. The van der Waals surface area contributed by atoms with Crippen LogP contribution in [0.1, 0.15) is 17.7 Å². The largest absolute Gasteiger partial charge is 0.481 e. The molecule has 0 aliphatic rings. The number of aliphatic carboxylic acids is 1. The van der Waals surface area contributed by atoms with Gasteiger partial charge in [0, 0.05) is 11.3 Å². The Bertz CT molecular complexity index is 292. The average molecular weight is 284 g/mol. The second-order valence-corrected chi connectivity index (χ2v) is 5.44. The van der Waals surface area contributed by atoms with Gasteiger partial charge in [-0.2, -0.15) is 0 Å². The number of hydrogen-bond donors (Lipinski definition) is 1. The zero-order valence-electron chi connectivity index (χ0n) is 6.72. The van der Waals surface area contributed by atoms with Crippen LogP contribution < -0.4 is 0 Å². The van der Waals surface area contributed by atoms with Gasteiger partial charge in [0.15, 0.2) is 0 Å². The van der Waals surface area contributed by atoms with Gasteiger partial charge in [0.05, 0.1) is 8.81 Å². The Morgan fingerprint density at radius 2 is 2.38 bits per heavy atom. The van der Waals surface area contributed by atoms with Crippen LogP contribution in [0.2, 0.25) is 5.02 Å². The van der Waals surface area contributed by atoms with E-state index in [0.29, 0.717) is 11.4 Å². The van der Waals surface area contributed by atoms with E-state index < -0.39 is 5.97 Å². The molecule has 0 saturated carbocycles. The molecule has 2 nitrogen and oxygen atoms in total. The van der Waals surface area contributed by atoms with E-state index in [9.17, 15) is 4.79 Å². The summed E-state index contributed by atoms with van der Waals surface area (Å²) < 4.78 is 0.916. The third-order valence-corrected chi connectivity index (χ3v) is 4.04. The summed E-state index contributed by atoms with van der Waals surface area (Å²) in [5.41, 5.74) is 0. The highest BCUT2D eigenvalue weighted by Gasteiger charge is 2.05. The third kappa shape index (κ3) is 3.67. The van der Waals surface area contributed by atoms with Crippen LogP contribution >= 0.6 is 38.9 Å². The molecular formula is C8H8BrClO2S. The number of hydrogen-bond acceptors (Lipinski definition) is 2. The molecular weight excluding hydrogens is 276 g/mol. The predicted molar refractivity (Wildman–Crippen MR) is 57.6 cm³/mol. The second-order valence-electron chi connectivity index (χ2n) is 2.58. The van der Waals surface area contributed by atoms with E-state index in [1.807, 2.05) is 6.07 Å². The highest BCUT2D eigenvalue weighted by Crippen LogP contribution is 2.32. The number of carboxylic acids is 1. The fraction of sp³-hybridized carbons (Fsp3) is 0.375. The molecule has 0 saturated heterocycles. The van der Waals surface area contributed by atoms with Crippen LogP contribution in [0, 0.1) is 0 Å². The molecule has 1 N–H and O–H groups in total. The molecule has 0 aliphatic heterocycles. The van der Waals surface area contributed by atoms with Crippen molar-refractivity contribution in [3.05, 3.63) is 19.8 Å². The van der Waals surface area contributed by atoms with Crippen LogP contribution in [-0.4, -0.2) is 11.1 Å². The standard InChI is InChI=1S/C8H8BrClO2S/c9-8-6(10)4-5(13-8)2-1-3-7(11)12/h4H,1-3H2,(H,11,12). The molecule has 1 aromatic rings. The van der Waals surface area contributed by atoms with Crippen molar-refractivity contribution >= 4 is 44.8 Å². The number of rotatable bonds is 4. The van der Waals surface area contributed by atoms with Crippen molar-refractivity contribution in [1.82, 2.24) is 0 Å². The van der Waals surface area contributed by atoms with Gasteiger partial charge in [-0.1, -0.05) is 11.6 Å². The van der Waals surface area contributed by atoms with E-state index in [1.165, 1.54) is 0 Å². The van der Waals surface area contributed by atoms with Crippen LogP contribution in [-0.2, 0) is 11.2 Å². The van der Waals surface area contributed by atoms with Crippen molar-refractivity contribution in [3.8, 4) is 0 Å². The third-order valence-electron chi connectivity index (χ3n) is 1.51. The molecule has 0 radical (unpaired) electrons. The van der Waals surface area contributed by atoms with Crippen LogP contribution in [0.15, 0.2) is 9.85 Å². The minimum atomic E-state index is -0.748. The Balaban J connectivity index is 2.41. The molecule has 0 aliphatic carbocycles. The summed E-state index contributed by atoms with van der Waals surface area (Å²) in [7, 11) is 0. The molecule has 13 heavy (non-hydrogen) atoms. The highest BCUT2D eigenvalue weighted by molar-refractivity contribution is 9.11. The lowest BCUT2D eigenvalue weighted by Crippen LogP contribution is -1.94. The number of aryl methyl sites for hydroxylation is 1. The Morgan fingerprint density at radius 3 is 2.85 bits per heavy atom. The molecule has 0 fully saturated rings. The van der Waals surface area contributed by atoms with Gasteiger partial charge in [-0.05, 0) is 34.8 Å². The lowest BCUT2D eigenvalue weighted by molar-refractivity contribution is -0.137. The summed E-state index contributed by atoms with van der Waals surface area (Å²) >= 11 is 10.7. The van der Waals surface area contributed by atoms with Crippen molar-refractivity contribution in [2.75, 3.05) is 0 Å². The van der Waals surface area contributed by atoms with Crippen molar-refractivity contribution in [2.24, 2.45) is 0 Å². The summed E-state index contributed by atoms with van der Waals surface area (Å²) in [6.45, 7) is 0. The van der Waals surface area contributed by atoms with Gasteiger partial charge in [0.2, 0.25) is 0 Å². The number of halogens is 2. The maximum atomic E-state index is 10.2. The van der Waals surface area contributed by atoms with Crippen molar-refractivity contribution in [2.45, 2.75) is 19.3 Å². The first-order valence-electron chi connectivity index (χ1n) is 3.75. The summed E-state index contributed by atoms with van der Waals surface area (Å²) in [5, 5.41) is 9.12. The van der Waals surface area contributed by atoms with E-state index in [-0.39, 0.29) is 6.42 Å². The second kappa shape index (κ2) is 4.98. The predicted octanol–water partition coefficient (Wildman–Crippen LogP) is 3.57. The zero-order chi connectivity index (χ0) is 9.84. The minimum absolute atomic E-state index is 0.215. The smallest absolute Gasteiger partial charge is 0.303 e. The molecule has 0 bridgehead atoms. The van der Waals surface area contributed by atoms with Gasteiger partial charge in [-0.3, -0.25) is 4.79 Å². The van der Waals surface area contributed by atoms with E-state index >= 15 is 0 Å². The molecule has 1 rings (SSSR count). The lowest BCUT2D eigenvalue weighted by atomic mass is 10.2. The highest BCUT2D eigenvalue weighted by atomic mass is 79.9. The summed E-state index contributed by atoms with van der Waals surface area (Å²) in [6, 6.07) is 1.87. The van der Waals surface area contributed by atoms with Crippen LogP contribution in [0.4, 0.5) is 0 Å². The molecule has 1 aromatic heterocycles. The Kier molecular flexibility index (Phi) is 4.22. The average Bonchev–Trinajstić information content (AvgIpc) is 2.30. The number of thiophene rings is 1.